The summed E-state index contributed by atoms with van der Waals surface area (Å²) in [5, 5.41) is 13.6. The lowest BCUT2D eigenvalue weighted by Gasteiger charge is -2.13. The number of phenolic OH excluding ortho intramolecular Hbond substituents is 1. The van der Waals surface area contributed by atoms with E-state index in [9.17, 15) is 37.5 Å². The molecule has 1 atom stereocenters. The fraction of sp³-hybridized carbons (Fsp3) is 0.421. The Labute approximate surface area is 223 Å². The molecule has 2 rings (SSSR count). The van der Waals surface area contributed by atoms with Crippen molar-refractivity contribution in [1.29, 1.82) is 0 Å². The molecule has 1 aliphatic heterocycles. The highest BCUT2D eigenvalue weighted by molar-refractivity contribution is 8.76. The summed E-state index contributed by atoms with van der Waals surface area (Å²) in [6.45, 7) is -0.128. The number of hydrogen-bond donors (Lipinski definition) is 3. The maximum absolute atomic E-state index is 12.1. The molecule has 0 radical (unpaired) electrons. The molecule has 1 aromatic rings. The highest BCUT2D eigenvalue weighted by Gasteiger charge is 2.48. The number of aromatic hydroxyl groups is 1. The summed E-state index contributed by atoms with van der Waals surface area (Å²) < 4.78 is 36.1. The Morgan fingerprint density at radius 1 is 1.18 bits per heavy atom. The number of imide groups is 1. The molecule has 38 heavy (non-hydrogen) atoms. The number of carbonyl (C=O) groups is 5. The predicted octanol–water partition coefficient (Wildman–Crippen LogP) is 1.24. The molecule has 1 aliphatic rings. The maximum Gasteiger partial charge on any atom is 0.334 e. The molecule has 1 aromatic carbocycles. The van der Waals surface area contributed by atoms with Crippen LogP contribution in [0.4, 0.5) is 5.69 Å². The molecule has 3 N–H and O–H groups in total. The van der Waals surface area contributed by atoms with E-state index >= 15 is 0 Å². The van der Waals surface area contributed by atoms with Gasteiger partial charge in [-0.3, -0.25) is 23.7 Å². The van der Waals surface area contributed by atoms with Gasteiger partial charge in [0.1, 0.15) is 12.4 Å². The largest absolute Gasteiger partial charge is 0.507 e. The van der Waals surface area contributed by atoms with Gasteiger partial charge in [0.05, 0.1) is 31.4 Å². The van der Waals surface area contributed by atoms with Crippen LogP contribution in [-0.2, 0) is 38.9 Å². The van der Waals surface area contributed by atoms with Gasteiger partial charge in [0.15, 0.2) is 5.25 Å². The van der Waals surface area contributed by atoms with E-state index in [1.807, 2.05) is 0 Å². The molecule has 206 valence electrons. The number of rotatable bonds is 14. The first-order valence-electron chi connectivity index (χ1n) is 10.5. The first kappa shape index (κ1) is 30.7. The average molecular weight is 592 g/mol. The molecular weight excluding hydrogens is 570 g/mol. The smallest absolute Gasteiger partial charge is 0.334 e. The third kappa shape index (κ3) is 9.42. The highest BCUT2D eigenvalue weighted by Crippen LogP contribution is 2.25. The number of carbonyl (C=O) groups excluding carboxylic acids is 5. The van der Waals surface area contributed by atoms with Gasteiger partial charge in [-0.2, -0.15) is 8.42 Å². The number of phenols is 1. The Morgan fingerprint density at radius 2 is 1.84 bits per heavy atom. The molecule has 0 aromatic heterocycles. The topological polar surface area (TPSA) is 242 Å². The summed E-state index contributed by atoms with van der Waals surface area (Å²) in [7, 11) is -2.36. The molecule has 1 saturated heterocycles. The number of nitrogens with one attached hydrogen (secondary N) is 1. The zero-order valence-electron chi connectivity index (χ0n) is 19.3. The van der Waals surface area contributed by atoms with Crippen LogP contribution in [0.1, 0.15) is 29.6 Å². The highest BCUT2D eigenvalue weighted by atomic mass is 33.1. The van der Waals surface area contributed by atoms with E-state index in [1.54, 1.807) is 0 Å². The first-order valence-corrected chi connectivity index (χ1v) is 14.5. The van der Waals surface area contributed by atoms with Crippen LogP contribution in [0.3, 0.4) is 0 Å². The van der Waals surface area contributed by atoms with E-state index in [1.165, 1.54) is 33.7 Å². The number of azide groups is 1. The molecule has 0 unspecified atom stereocenters. The van der Waals surface area contributed by atoms with Gasteiger partial charge in [-0.1, -0.05) is 32.8 Å². The molecule has 0 saturated carbocycles. The lowest BCUT2D eigenvalue weighted by molar-refractivity contribution is -0.197. The maximum atomic E-state index is 12.1. The SMILES string of the molecule is [N-]=[N+]=Nc1ccc(C(=O)NCCOC(=O)CCSSCCC(=O)ON2C(=O)C[C@@H](S(=O)(=O)O)C2=O)c(O)c1. The van der Waals surface area contributed by atoms with Crippen molar-refractivity contribution in [2.75, 3.05) is 24.7 Å². The zero-order valence-corrected chi connectivity index (χ0v) is 21.8. The summed E-state index contributed by atoms with van der Waals surface area (Å²) in [6, 6.07) is 3.76. The van der Waals surface area contributed by atoms with Gasteiger partial charge in [0, 0.05) is 22.1 Å². The Balaban J connectivity index is 1.55. The second-order valence-corrected chi connectivity index (χ2v) is 11.5. The van der Waals surface area contributed by atoms with Crippen LogP contribution in [-0.4, -0.2) is 82.7 Å². The van der Waals surface area contributed by atoms with Crippen molar-refractivity contribution in [2.45, 2.75) is 24.5 Å². The van der Waals surface area contributed by atoms with Crippen molar-refractivity contribution in [3.8, 4) is 5.75 Å². The second-order valence-electron chi connectivity index (χ2n) is 7.21. The van der Waals surface area contributed by atoms with Gasteiger partial charge in [0.25, 0.3) is 27.8 Å². The number of hydroxylamine groups is 2. The van der Waals surface area contributed by atoms with Crippen molar-refractivity contribution < 1.29 is 51.6 Å². The molecule has 0 bridgehead atoms. The molecule has 1 heterocycles. The van der Waals surface area contributed by atoms with E-state index < -0.39 is 51.4 Å². The fourth-order valence-corrected chi connectivity index (χ4v) is 5.40. The number of ether oxygens (including phenoxy) is 1. The van der Waals surface area contributed by atoms with Crippen LogP contribution in [0.15, 0.2) is 23.3 Å². The average Bonchev–Trinajstić information content (AvgIpc) is 3.13. The van der Waals surface area contributed by atoms with E-state index in [0.29, 0.717) is 5.75 Å². The summed E-state index contributed by atoms with van der Waals surface area (Å²) >= 11 is 0. The fourth-order valence-electron chi connectivity index (χ4n) is 2.75. The Morgan fingerprint density at radius 3 is 2.42 bits per heavy atom. The van der Waals surface area contributed by atoms with Crippen LogP contribution in [0.25, 0.3) is 10.4 Å². The van der Waals surface area contributed by atoms with Gasteiger partial charge in [0.2, 0.25) is 0 Å². The monoisotopic (exact) mass is 591 g/mol. The number of esters is 1. The standard InChI is InChI=1S/C19H21N5O11S3/c20-23-22-11-1-2-12(13(25)9-11)18(29)21-5-6-34-16(27)3-7-36-37-8-4-17(28)35-24-15(26)10-14(19(24)30)38(31,32)33/h1-2,9,14,25H,3-8,10H2,(H,21,29)(H,31,32,33)/t14-/m1/s1. The quantitative estimate of drug-likeness (QED) is 0.0403. The minimum Gasteiger partial charge on any atom is -0.507 e. The number of hydrogen-bond acceptors (Lipinski definition) is 13. The Bertz CT molecular complexity index is 1250. The second kappa shape index (κ2) is 14.4. The van der Waals surface area contributed by atoms with Crippen molar-refractivity contribution in [2.24, 2.45) is 5.11 Å². The molecule has 0 aliphatic carbocycles. The lowest BCUT2D eigenvalue weighted by Crippen LogP contribution is -2.36. The Hall–Kier alpha value is -3.51. The van der Waals surface area contributed by atoms with Gasteiger partial charge in [-0.05, 0) is 17.7 Å². The van der Waals surface area contributed by atoms with Gasteiger partial charge in [-0.25, -0.2) is 4.79 Å². The van der Waals surface area contributed by atoms with Crippen LogP contribution in [0, 0.1) is 0 Å². The molecule has 3 amide bonds. The number of benzene rings is 1. The van der Waals surface area contributed by atoms with E-state index in [-0.39, 0.29) is 53.8 Å². The first-order chi connectivity index (χ1) is 17.9. The van der Waals surface area contributed by atoms with Crippen LogP contribution < -0.4 is 5.32 Å². The minimum absolute atomic E-state index is 0.0148. The minimum atomic E-state index is -4.80. The number of nitrogens with zero attached hydrogens (tertiary/aromatic N) is 4. The third-order valence-electron chi connectivity index (χ3n) is 4.51. The summed E-state index contributed by atoms with van der Waals surface area (Å²) in [5.74, 6) is -4.38. The van der Waals surface area contributed by atoms with Crippen LogP contribution in [0.5, 0.6) is 5.75 Å². The number of amides is 3. The van der Waals surface area contributed by atoms with E-state index in [2.05, 4.69) is 20.2 Å². The zero-order chi connectivity index (χ0) is 28.3. The van der Waals surface area contributed by atoms with Gasteiger partial charge < -0.3 is 20.0 Å². The molecule has 19 heteroatoms. The molecular formula is C19H21N5O11S3. The predicted molar refractivity (Wildman–Crippen MR) is 132 cm³/mol. The van der Waals surface area contributed by atoms with Crippen molar-refractivity contribution >= 4 is 67.1 Å². The van der Waals surface area contributed by atoms with E-state index in [0.717, 1.165) is 6.07 Å². The Kier molecular flexibility index (Phi) is 11.7. The third-order valence-corrected chi connectivity index (χ3v) is 8.01. The molecule has 1 fully saturated rings. The van der Waals surface area contributed by atoms with Crippen molar-refractivity contribution in [3.63, 3.8) is 0 Å². The summed E-state index contributed by atoms with van der Waals surface area (Å²) in [4.78, 5) is 66.2. The molecule has 16 nitrogen and oxygen atoms in total. The van der Waals surface area contributed by atoms with Crippen molar-refractivity contribution in [1.82, 2.24) is 10.4 Å². The normalized spacial score (nSPS) is 15.1. The van der Waals surface area contributed by atoms with Crippen molar-refractivity contribution in [3.05, 3.63) is 34.2 Å². The van der Waals surface area contributed by atoms with Gasteiger partial charge >= 0.3 is 11.9 Å². The summed E-state index contributed by atoms with van der Waals surface area (Å²) in [6.07, 6.45) is -1.01. The van der Waals surface area contributed by atoms with Crippen LogP contribution in [0.2, 0.25) is 0 Å². The lowest BCUT2D eigenvalue weighted by atomic mass is 10.1. The van der Waals surface area contributed by atoms with Gasteiger partial charge in [-0.15, -0.1) is 5.06 Å². The van der Waals surface area contributed by atoms with Crippen LogP contribution >= 0.6 is 21.6 Å². The molecule has 0 spiro atoms. The summed E-state index contributed by atoms with van der Waals surface area (Å²) in [5.41, 5.74) is 8.46. The van der Waals surface area contributed by atoms with E-state index in [4.69, 9.17) is 14.8 Å².